The van der Waals surface area contributed by atoms with E-state index in [2.05, 4.69) is 9.97 Å². The molecule has 0 saturated carbocycles. The topological polar surface area (TPSA) is 56.7 Å². The highest BCUT2D eigenvalue weighted by atomic mass is 19.1. The van der Waals surface area contributed by atoms with Crippen LogP contribution in [0, 0.1) is 5.82 Å². The maximum absolute atomic E-state index is 13.5. The summed E-state index contributed by atoms with van der Waals surface area (Å²) in [4.78, 5) is 8.68. The zero-order chi connectivity index (χ0) is 14.3. The van der Waals surface area contributed by atoms with E-state index in [1.165, 1.54) is 12.1 Å². The maximum Gasteiger partial charge on any atom is 0.143 e. The standard InChI is InChI=1S/C15H15FN4/c1-9(2)20-14-6-11(16)3-4-13(14)19-15(20)10-5-12(17)8-18-7-10/h3-9H,17H2,1-2H3. The van der Waals surface area contributed by atoms with Gasteiger partial charge in [-0.2, -0.15) is 0 Å². The van der Waals surface area contributed by atoms with E-state index in [1.54, 1.807) is 18.5 Å². The lowest BCUT2D eigenvalue weighted by molar-refractivity contribution is 0.613. The average Bonchev–Trinajstić information content (AvgIpc) is 2.77. The molecule has 3 aromatic rings. The van der Waals surface area contributed by atoms with Gasteiger partial charge in [0.2, 0.25) is 0 Å². The molecule has 2 heterocycles. The summed E-state index contributed by atoms with van der Waals surface area (Å²) in [6, 6.07) is 6.58. The summed E-state index contributed by atoms with van der Waals surface area (Å²) in [7, 11) is 0. The number of benzene rings is 1. The van der Waals surface area contributed by atoms with Crippen LogP contribution in [0.15, 0.2) is 36.7 Å². The van der Waals surface area contributed by atoms with Crippen molar-refractivity contribution in [3.05, 3.63) is 42.5 Å². The highest BCUT2D eigenvalue weighted by Gasteiger charge is 2.15. The molecule has 0 atom stereocenters. The van der Waals surface area contributed by atoms with Crippen LogP contribution in [0.3, 0.4) is 0 Å². The van der Waals surface area contributed by atoms with E-state index in [9.17, 15) is 4.39 Å². The number of nitrogens with two attached hydrogens (primary N) is 1. The van der Waals surface area contributed by atoms with Gasteiger partial charge in [-0.15, -0.1) is 0 Å². The van der Waals surface area contributed by atoms with Crippen molar-refractivity contribution in [1.29, 1.82) is 0 Å². The molecule has 0 bridgehead atoms. The van der Waals surface area contributed by atoms with Gasteiger partial charge in [0.1, 0.15) is 11.6 Å². The summed E-state index contributed by atoms with van der Waals surface area (Å²) in [5.41, 5.74) is 8.73. The van der Waals surface area contributed by atoms with Gasteiger partial charge in [-0.05, 0) is 38.1 Å². The van der Waals surface area contributed by atoms with Crippen LogP contribution in [0.1, 0.15) is 19.9 Å². The Morgan fingerprint density at radius 3 is 2.70 bits per heavy atom. The van der Waals surface area contributed by atoms with Crippen molar-refractivity contribution in [3.8, 4) is 11.4 Å². The number of imidazole rings is 1. The van der Waals surface area contributed by atoms with Crippen LogP contribution in [0.25, 0.3) is 22.4 Å². The SMILES string of the molecule is CC(C)n1c(-c2cncc(N)c2)nc2ccc(F)cc21. The summed E-state index contributed by atoms with van der Waals surface area (Å²) < 4.78 is 15.5. The average molecular weight is 270 g/mol. The quantitative estimate of drug-likeness (QED) is 0.776. The Hall–Kier alpha value is -2.43. The van der Waals surface area contributed by atoms with E-state index in [4.69, 9.17) is 5.73 Å². The lowest BCUT2D eigenvalue weighted by Gasteiger charge is -2.13. The van der Waals surface area contributed by atoms with E-state index in [0.717, 1.165) is 22.4 Å². The highest BCUT2D eigenvalue weighted by Crippen LogP contribution is 2.29. The molecular formula is C15H15FN4. The molecule has 0 fully saturated rings. The second-order valence-electron chi connectivity index (χ2n) is 5.04. The molecule has 0 aliphatic carbocycles. The molecule has 1 aromatic carbocycles. The summed E-state index contributed by atoms with van der Waals surface area (Å²) in [6.45, 7) is 4.07. The molecule has 0 unspecified atom stereocenters. The number of nitrogen functional groups attached to an aromatic ring is 1. The Morgan fingerprint density at radius 2 is 2.00 bits per heavy atom. The Kier molecular flexibility index (Phi) is 2.89. The molecule has 0 aliphatic heterocycles. The Balaban J connectivity index is 2.32. The normalized spacial score (nSPS) is 11.4. The summed E-state index contributed by atoms with van der Waals surface area (Å²) in [5, 5.41) is 0. The van der Waals surface area contributed by atoms with Gasteiger partial charge in [0.15, 0.2) is 0 Å². The first-order chi connectivity index (χ1) is 9.56. The molecule has 2 N–H and O–H groups in total. The number of halogens is 1. The first kappa shape index (κ1) is 12.6. The molecular weight excluding hydrogens is 255 g/mol. The van der Waals surface area contributed by atoms with Crippen LogP contribution in [0.2, 0.25) is 0 Å². The fourth-order valence-electron chi connectivity index (χ4n) is 2.37. The van der Waals surface area contributed by atoms with Gasteiger partial charge in [0.05, 0.1) is 16.7 Å². The molecule has 5 heteroatoms. The van der Waals surface area contributed by atoms with E-state index in [-0.39, 0.29) is 11.9 Å². The van der Waals surface area contributed by atoms with Gasteiger partial charge in [0.25, 0.3) is 0 Å². The first-order valence-electron chi connectivity index (χ1n) is 6.44. The number of aromatic nitrogens is 3. The molecule has 2 aromatic heterocycles. The molecule has 0 saturated heterocycles. The van der Waals surface area contributed by atoms with Crippen molar-refractivity contribution in [1.82, 2.24) is 14.5 Å². The number of fused-ring (bicyclic) bond motifs is 1. The van der Waals surface area contributed by atoms with Gasteiger partial charge >= 0.3 is 0 Å². The number of hydrogen-bond acceptors (Lipinski definition) is 3. The van der Waals surface area contributed by atoms with Crippen LogP contribution in [-0.2, 0) is 0 Å². The van der Waals surface area contributed by atoms with Crippen molar-refractivity contribution in [2.24, 2.45) is 0 Å². The first-order valence-corrected chi connectivity index (χ1v) is 6.44. The highest BCUT2D eigenvalue weighted by molar-refractivity contribution is 5.81. The number of rotatable bonds is 2. The third-order valence-electron chi connectivity index (χ3n) is 3.19. The molecule has 0 radical (unpaired) electrons. The van der Waals surface area contributed by atoms with Crippen LogP contribution >= 0.6 is 0 Å². The van der Waals surface area contributed by atoms with E-state index < -0.39 is 0 Å². The van der Waals surface area contributed by atoms with Crippen molar-refractivity contribution in [2.75, 3.05) is 5.73 Å². The van der Waals surface area contributed by atoms with Gasteiger partial charge in [-0.1, -0.05) is 0 Å². The fourth-order valence-corrected chi connectivity index (χ4v) is 2.37. The molecule has 0 amide bonds. The minimum absolute atomic E-state index is 0.151. The zero-order valence-electron chi connectivity index (χ0n) is 11.3. The minimum Gasteiger partial charge on any atom is -0.397 e. The van der Waals surface area contributed by atoms with Crippen LogP contribution in [0.5, 0.6) is 0 Å². The lowest BCUT2D eigenvalue weighted by Crippen LogP contribution is -2.03. The van der Waals surface area contributed by atoms with E-state index in [1.807, 2.05) is 24.5 Å². The van der Waals surface area contributed by atoms with Gasteiger partial charge < -0.3 is 10.3 Å². The van der Waals surface area contributed by atoms with Gasteiger partial charge in [-0.3, -0.25) is 4.98 Å². The second kappa shape index (κ2) is 4.59. The second-order valence-corrected chi connectivity index (χ2v) is 5.04. The zero-order valence-corrected chi connectivity index (χ0v) is 11.3. The molecule has 0 aliphatic rings. The summed E-state index contributed by atoms with van der Waals surface area (Å²) in [6.07, 6.45) is 3.30. The van der Waals surface area contributed by atoms with Crippen molar-refractivity contribution >= 4 is 16.7 Å². The Morgan fingerprint density at radius 1 is 1.20 bits per heavy atom. The Labute approximate surface area is 116 Å². The van der Waals surface area contributed by atoms with E-state index >= 15 is 0 Å². The molecule has 102 valence electrons. The third-order valence-corrected chi connectivity index (χ3v) is 3.19. The number of nitrogens with zero attached hydrogens (tertiary/aromatic N) is 3. The third kappa shape index (κ3) is 2.01. The van der Waals surface area contributed by atoms with Crippen LogP contribution in [-0.4, -0.2) is 14.5 Å². The smallest absolute Gasteiger partial charge is 0.143 e. The Bertz CT molecular complexity index is 777. The predicted molar refractivity (Wildman–Crippen MR) is 77.7 cm³/mol. The van der Waals surface area contributed by atoms with E-state index in [0.29, 0.717) is 5.69 Å². The van der Waals surface area contributed by atoms with Gasteiger partial charge in [-0.25, -0.2) is 9.37 Å². The van der Waals surface area contributed by atoms with Crippen molar-refractivity contribution in [3.63, 3.8) is 0 Å². The fraction of sp³-hybridized carbons (Fsp3) is 0.200. The summed E-state index contributed by atoms with van der Waals surface area (Å²) in [5.74, 6) is 0.483. The molecule has 0 spiro atoms. The van der Waals surface area contributed by atoms with Crippen LogP contribution in [0.4, 0.5) is 10.1 Å². The molecule has 4 nitrogen and oxygen atoms in total. The molecule has 20 heavy (non-hydrogen) atoms. The minimum atomic E-state index is -0.267. The monoisotopic (exact) mass is 270 g/mol. The van der Waals surface area contributed by atoms with Crippen molar-refractivity contribution in [2.45, 2.75) is 19.9 Å². The predicted octanol–water partition coefficient (Wildman–Crippen LogP) is 3.40. The number of pyridine rings is 1. The van der Waals surface area contributed by atoms with Crippen molar-refractivity contribution < 1.29 is 4.39 Å². The lowest BCUT2D eigenvalue weighted by atomic mass is 10.2. The summed E-state index contributed by atoms with van der Waals surface area (Å²) >= 11 is 0. The maximum atomic E-state index is 13.5. The number of anilines is 1. The number of hydrogen-bond donors (Lipinski definition) is 1. The molecule has 3 rings (SSSR count). The van der Waals surface area contributed by atoms with Crippen LogP contribution < -0.4 is 5.73 Å². The van der Waals surface area contributed by atoms with Gasteiger partial charge in [0, 0.05) is 24.0 Å². The largest absolute Gasteiger partial charge is 0.397 e.